The highest BCUT2D eigenvalue weighted by atomic mass is 16.7. The van der Waals surface area contributed by atoms with Gasteiger partial charge in [-0.05, 0) is 41.9 Å². The molecule has 134 valence electrons. The molecule has 1 aromatic carbocycles. The normalized spacial score (nSPS) is 17.4. The average molecular weight is 347 g/mol. The summed E-state index contributed by atoms with van der Waals surface area (Å²) >= 11 is 0. The Bertz CT molecular complexity index is 708. The molecule has 1 fully saturated rings. The number of imidazole rings is 1. The Kier molecular flexibility index (Phi) is 5.62. The summed E-state index contributed by atoms with van der Waals surface area (Å²) in [6.45, 7) is 1.48. The predicted octanol–water partition coefficient (Wildman–Crippen LogP) is 2.95. The summed E-state index contributed by atoms with van der Waals surface area (Å²) in [5, 5.41) is 10.8. The Morgan fingerprint density at radius 2 is 2.12 bits per heavy atom. The van der Waals surface area contributed by atoms with E-state index in [0.29, 0.717) is 18.1 Å². The SMILES string of the molecule is Cn1c(COc2ccc(COC3CCCCO3)cc2)cnc1[N+](=O)[O-]. The van der Waals surface area contributed by atoms with E-state index < -0.39 is 4.92 Å². The van der Waals surface area contributed by atoms with Gasteiger partial charge < -0.3 is 24.3 Å². The monoisotopic (exact) mass is 347 g/mol. The Morgan fingerprint density at radius 1 is 1.32 bits per heavy atom. The highest BCUT2D eigenvalue weighted by Crippen LogP contribution is 2.19. The lowest BCUT2D eigenvalue weighted by atomic mass is 10.2. The molecular weight excluding hydrogens is 326 g/mol. The average Bonchev–Trinajstić information content (AvgIpc) is 3.01. The number of nitrogens with zero attached hydrogens (tertiary/aromatic N) is 3. The summed E-state index contributed by atoms with van der Waals surface area (Å²) in [4.78, 5) is 14.0. The van der Waals surface area contributed by atoms with E-state index in [4.69, 9.17) is 14.2 Å². The van der Waals surface area contributed by atoms with Crippen LogP contribution in [0.1, 0.15) is 30.5 Å². The van der Waals surface area contributed by atoms with Crippen molar-refractivity contribution in [3.63, 3.8) is 0 Å². The van der Waals surface area contributed by atoms with Crippen molar-refractivity contribution in [3.05, 3.63) is 51.8 Å². The quantitative estimate of drug-likeness (QED) is 0.565. The van der Waals surface area contributed by atoms with Crippen LogP contribution >= 0.6 is 0 Å². The van der Waals surface area contributed by atoms with Gasteiger partial charge in [-0.3, -0.25) is 0 Å². The molecule has 1 aromatic heterocycles. The van der Waals surface area contributed by atoms with E-state index in [1.807, 2.05) is 24.3 Å². The lowest BCUT2D eigenvalue weighted by Crippen LogP contribution is -2.21. The van der Waals surface area contributed by atoms with Gasteiger partial charge >= 0.3 is 5.95 Å². The number of nitro groups is 1. The first-order chi connectivity index (χ1) is 12.1. The molecule has 1 unspecified atom stereocenters. The van der Waals surface area contributed by atoms with Crippen molar-refractivity contribution in [1.82, 2.24) is 9.55 Å². The van der Waals surface area contributed by atoms with E-state index >= 15 is 0 Å². The van der Waals surface area contributed by atoms with Gasteiger partial charge in [0.2, 0.25) is 0 Å². The number of rotatable bonds is 7. The Balaban J connectivity index is 1.49. The first kappa shape index (κ1) is 17.4. The van der Waals surface area contributed by atoms with Crippen LogP contribution in [0.2, 0.25) is 0 Å². The molecule has 1 saturated heterocycles. The molecule has 3 rings (SSSR count). The van der Waals surface area contributed by atoms with E-state index in [1.54, 1.807) is 7.05 Å². The molecule has 0 N–H and O–H groups in total. The Labute approximate surface area is 145 Å². The van der Waals surface area contributed by atoms with Crippen LogP contribution < -0.4 is 4.74 Å². The number of ether oxygens (including phenoxy) is 3. The van der Waals surface area contributed by atoms with Gasteiger partial charge in [-0.2, -0.15) is 0 Å². The molecule has 8 nitrogen and oxygen atoms in total. The molecule has 8 heteroatoms. The summed E-state index contributed by atoms with van der Waals surface area (Å²) in [7, 11) is 1.59. The van der Waals surface area contributed by atoms with Crippen LogP contribution in [0.4, 0.5) is 5.95 Å². The number of benzene rings is 1. The minimum Gasteiger partial charge on any atom is -0.486 e. The molecule has 0 spiro atoms. The largest absolute Gasteiger partial charge is 0.486 e. The van der Waals surface area contributed by atoms with Crippen LogP contribution in [0.25, 0.3) is 0 Å². The molecular formula is C17H21N3O5. The van der Waals surface area contributed by atoms with E-state index in [0.717, 1.165) is 31.4 Å². The lowest BCUT2D eigenvalue weighted by molar-refractivity contribution is -0.396. The molecule has 0 bridgehead atoms. The smallest absolute Gasteiger partial charge is 0.434 e. The van der Waals surface area contributed by atoms with E-state index in [-0.39, 0.29) is 18.8 Å². The third kappa shape index (κ3) is 4.55. The number of hydrogen-bond donors (Lipinski definition) is 0. The first-order valence-electron chi connectivity index (χ1n) is 8.23. The minimum absolute atomic E-state index is 0.106. The lowest BCUT2D eigenvalue weighted by Gasteiger charge is -2.22. The first-order valence-corrected chi connectivity index (χ1v) is 8.23. The van der Waals surface area contributed by atoms with Crippen LogP contribution in [-0.2, 0) is 29.7 Å². The van der Waals surface area contributed by atoms with Crippen molar-refractivity contribution in [2.24, 2.45) is 7.05 Å². The van der Waals surface area contributed by atoms with Crippen molar-refractivity contribution in [2.75, 3.05) is 6.61 Å². The van der Waals surface area contributed by atoms with E-state index in [2.05, 4.69) is 4.98 Å². The van der Waals surface area contributed by atoms with Gasteiger partial charge in [0.25, 0.3) is 0 Å². The van der Waals surface area contributed by atoms with E-state index in [1.165, 1.54) is 10.8 Å². The molecule has 1 aliphatic heterocycles. The second-order valence-electron chi connectivity index (χ2n) is 5.91. The van der Waals surface area contributed by atoms with Crippen molar-refractivity contribution < 1.29 is 19.1 Å². The van der Waals surface area contributed by atoms with Crippen LogP contribution in [-0.4, -0.2) is 27.4 Å². The fourth-order valence-electron chi connectivity index (χ4n) is 2.61. The fraction of sp³-hybridized carbons (Fsp3) is 0.471. The van der Waals surface area contributed by atoms with Crippen LogP contribution in [0.5, 0.6) is 5.75 Å². The maximum absolute atomic E-state index is 10.8. The second kappa shape index (κ2) is 8.09. The van der Waals surface area contributed by atoms with Gasteiger partial charge in [-0.1, -0.05) is 17.1 Å². The van der Waals surface area contributed by atoms with Gasteiger partial charge in [0, 0.05) is 6.61 Å². The fourth-order valence-corrected chi connectivity index (χ4v) is 2.61. The molecule has 1 aliphatic rings. The number of hydrogen-bond acceptors (Lipinski definition) is 6. The molecule has 1 atom stereocenters. The van der Waals surface area contributed by atoms with Crippen molar-refractivity contribution in [2.45, 2.75) is 38.8 Å². The third-order valence-electron chi connectivity index (χ3n) is 4.11. The topological polar surface area (TPSA) is 88.7 Å². The predicted molar refractivity (Wildman–Crippen MR) is 89.0 cm³/mol. The third-order valence-corrected chi connectivity index (χ3v) is 4.11. The Hall–Kier alpha value is -2.45. The molecule has 0 amide bonds. The van der Waals surface area contributed by atoms with Crippen molar-refractivity contribution in [3.8, 4) is 5.75 Å². The van der Waals surface area contributed by atoms with Crippen LogP contribution in [0.3, 0.4) is 0 Å². The molecule has 2 heterocycles. The molecule has 0 radical (unpaired) electrons. The maximum atomic E-state index is 10.8. The summed E-state index contributed by atoms with van der Waals surface area (Å²) < 4.78 is 18.4. The summed E-state index contributed by atoms with van der Waals surface area (Å²) in [5.41, 5.74) is 1.67. The van der Waals surface area contributed by atoms with Crippen LogP contribution in [0, 0.1) is 10.1 Å². The number of aromatic nitrogens is 2. The molecule has 25 heavy (non-hydrogen) atoms. The Morgan fingerprint density at radius 3 is 2.76 bits per heavy atom. The van der Waals surface area contributed by atoms with Gasteiger partial charge in [-0.15, -0.1) is 0 Å². The molecule has 0 saturated carbocycles. The zero-order valence-corrected chi connectivity index (χ0v) is 14.1. The standard InChI is InChI=1S/C17H21N3O5/c1-19-14(10-18-17(19)20(21)22)12-24-15-7-5-13(6-8-15)11-25-16-4-2-3-9-23-16/h5-8,10,16H,2-4,9,11-12H2,1H3. The zero-order chi connectivity index (χ0) is 17.6. The highest BCUT2D eigenvalue weighted by molar-refractivity contribution is 5.27. The highest BCUT2D eigenvalue weighted by Gasteiger charge is 2.17. The second-order valence-corrected chi connectivity index (χ2v) is 5.91. The van der Waals surface area contributed by atoms with Gasteiger partial charge in [0.1, 0.15) is 18.6 Å². The summed E-state index contributed by atoms with van der Waals surface area (Å²) in [5.74, 6) is 0.484. The van der Waals surface area contributed by atoms with Gasteiger partial charge in [-0.25, -0.2) is 4.57 Å². The van der Waals surface area contributed by atoms with Crippen molar-refractivity contribution >= 4 is 5.95 Å². The van der Waals surface area contributed by atoms with E-state index in [9.17, 15) is 10.1 Å². The van der Waals surface area contributed by atoms with Crippen molar-refractivity contribution in [1.29, 1.82) is 0 Å². The van der Waals surface area contributed by atoms with Crippen LogP contribution in [0.15, 0.2) is 30.5 Å². The van der Waals surface area contributed by atoms with Gasteiger partial charge in [0.15, 0.2) is 12.0 Å². The summed E-state index contributed by atoms with van der Waals surface area (Å²) in [6, 6.07) is 7.57. The molecule has 2 aromatic rings. The molecule has 0 aliphatic carbocycles. The zero-order valence-electron chi connectivity index (χ0n) is 14.1. The maximum Gasteiger partial charge on any atom is 0.434 e. The summed E-state index contributed by atoms with van der Waals surface area (Å²) in [6.07, 6.45) is 4.53. The van der Waals surface area contributed by atoms with Gasteiger partial charge in [0.05, 0.1) is 13.7 Å². The minimum atomic E-state index is -0.520.